The average molecular weight is 903 g/mol. The largest absolute Gasteiger partial charge is 0.457 e. The number of carbonyl (C=O) groups excluding carboxylic acids is 5. The molecule has 0 amide bonds. The Morgan fingerprint density at radius 1 is 0.651 bits per heavy atom. The molecule has 0 saturated carbocycles. The molecule has 1 atom stereocenters. The molecule has 63 heavy (non-hydrogen) atoms. The van der Waals surface area contributed by atoms with Crippen LogP contribution in [-0.2, 0) is 32.3 Å². The Kier molecular flexibility index (Phi) is 9.78. The van der Waals surface area contributed by atoms with Gasteiger partial charge < -0.3 is 14.6 Å². The monoisotopic (exact) mass is 902 g/mol. The number of ether oxygens (including phenoxy) is 2. The quantitative estimate of drug-likeness (QED) is 0.0676. The lowest BCUT2D eigenvalue weighted by molar-refractivity contribution is -0.120. The van der Waals surface area contributed by atoms with Crippen LogP contribution >= 0.6 is 34.0 Å². The topological polar surface area (TPSA) is 150 Å². The van der Waals surface area contributed by atoms with Gasteiger partial charge in [-0.05, 0) is 41.0 Å². The van der Waals surface area contributed by atoms with Crippen LogP contribution in [0.4, 0.5) is 17.6 Å². The van der Waals surface area contributed by atoms with E-state index in [1.165, 1.54) is 12.2 Å². The van der Waals surface area contributed by atoms with Gasteiger partial charge in [0.05, 0.1) is 30.7 Å². The van der Waals surface area contributed by atoms with Crippen LogP contribution in [0.3, 0.4) is 0 Å². The highest BCUT2D eigenvalue weighted by atomic mass is 32.1. The van der Waals surface area contributed by atoms with Crippen molar-refractivity contribution in [2.75, 3.05) is 0 Å². The van der Waals surface area contributed by atoms with Gasteiger partial charge in [-0.1, -0.05) is 60.7 Å². The van der Waals surface area contributed by atoms with Gasteiger partial charge in [0, 0.05) is 39.8 Å². The van der Waals surface area contributed by atoms with Crippen molar-refractivity contribution >= 4 is 116 Å². The second-order valence-corrected chi connectivity index (χ2v) is 17.4. The number of thiazole rings is 2. The Balaban J connectivity index is 1.20. The lowest BCUT2D eigenvalue weighted by atomic mass is 10.0. The number of aromatic nitrogens is 2. The minimum atomic E-state index is -1.92. The summed E-state index contributed by atoms with van der Waals surface area (Å²) in [4.78, 5) is 77.7. The maximum atomic E-state index is 14.9. The fourth-order valence-corrected chi connectivity index (χ4v) is 11.1. The zero-order valence-corrected chi connectivity index (χ0v) is 34.1. The normalized spacial score (nSPS) is 16.0. The number of Topliss-reactive ketones (excluding diaryl/α,β-unsaturated/α-hetero) is 3. The number of benzene rings is 5. The molecule has 0 fully saturated rings. The minimum Gasteiger partial charge on any atom is -0.457 e. The second-order valence-electron chi connectivity index (χ2n) is 14.3. The van der Waals surface area contributed by atoms with E-state index in [0.29, 0.717) is 28.0 Å². The number of ketones is 3. The average Bonchev–Trinajstić information content (AvgIpc) is 4.05. The molecule has 5 aromatic carbocycles. The summed E-state index contributed by atoms with van der Waals surface area (Å²) in [5.74, 6) is -9.16. The summed E-state index contributed by atoms with van der Waals surface area (Å²) in [6.45, 7) is -0.328. The molecule has 10 rings (SSSR count). The second kappa shape index (κ2) is 15.4. The molecular weight excluding hydrogens is 881 g/mol. The van der Waals surface area contributed by atoms with Gasteiger partial charge in [-0.25, -0.2) is 37.1 Å². The fourth-order valence-electron chi connectivity index (χ4n) is 7.61. The number of carbonyl (C=O) groups is 5. The number of rotatable bonds is 8. The fraction of sp³-hybridized carbons (Fsp3) is 0.0652. The van der Waals surface area contributed by atoms with Gasteiger partial charge in [0.1, 0.15) is 63.0 Å². The number of hydrogen-bond donors (Lipinski definition) is 1. The molecule has 310 valence electrons. The zero-order chi connectivity index (χ0) is 43.8. The van der Waals surface area contributed by atoms with Gasteiger partial charge in [-0.15, -0.1) is 34.0 Å². The molecule has 8 aromatic rings. The first-order valence-corrected chi connectivity index (χ1v) is 21.2. The predicted octanol–water partition coefficient (Wildman–Crippen LogP) is 9.85. The molecule has 0 spiro atoms. The van der Waals surface area contributed by atoms with E-state index in [1.807, 2.05) is 0 Å². The number of aliphatic hydroxyl groups excluding tert-OH is 1. The Hall–Kier alpha value is -7.05. The van der Waals surface area contributed by atoms with Crippen LogP contribution in [-0.4, -0.2) is 44.4 Å². The van der Waals surface area contributed by atoms with Gasteiger partial charge >= 0.3 is 11.9 Å². The molecular formula is C46H22F4N2O8S3. The van der Waals surface area contributed by atoms with Crippen molar-refractivity contribution in [3.8, 4) is 0 Å². The third-order valence-corrected chi connectivity index (χ3v) is 13.7. The number of halogens is 4. The number of aliphatic hydroxyl groups is 1. The molecule has 2 aliphatic carbocycles. The summed E-state index contributed by atoms with van der Waals surface area (Å²) < 4.78 is 70.7. The van der Waals surface area contributed by atoms with Crippen molar-refractivity contribution < 1.29 is 56.1 Å². The standard InChI is InChI=1S/C46H22F4N2O8S3/c47-21-11-23-25(37(53)39(55)31(23)27(49)13-21)15-29-51-36-35(46(58)60-18-20-9-5-2-6-10-20)41-33(34(42(36)61-29)45(57)59-17-19-7-3-1-4-8-19)43-44(63-41)52-30(62-43)16-26-24-12-22(48)14-28(50)32(24)40(56)38(26)54/h1-16,39,55H,17-18H2/b25-15-,26-16-. The van der Waals surface area contributed by atoms with E-state index in [-0.39, 0.29) is 81.8 Å². The molecule has 0 bridgehead atoms. The number of esters is 2. The SMILES string of the molecule is O=C1C(=O)c2c(F)cc(F)cc2/C1=C/c1nc2sc3c(C(=O)OCc4ccccc4)c4nc(/C=C5\C(=O)C(O)c6c(F)cc(F)cc65)sc4c(C(=O)OCc4ccccc4)c3c2s1. The van der Waals surface area contributed by atoms with Gasteiger partial charge in [-0.3, -0.25) is 14.4 Å². The highest BCUT2D eigenvalue weighted by Crippen LogP contribution is 2.48. The van der Waals surface area contributed by atoms with E-state index in [1.54, 1.807) is 60.7 Å². The molecule has 2 aliphatic rings. The zero-order valence-electron chi connectivity index (χ0n) is 31.7. The molecule has 17 heteroatoms. The third kappa shape index (κ3) is 6.76. The van der Waals surface area contributed by atoms with Crippen molar-refractivity contribution in [2.45, 2.75) is 19.3 Å². The van der Waals surface area contributed by atoms with Crippen molar-refractivity contribution in [3.63, 3.8) is 0 Å². The van der Waals surface area contributed by atoms with E-state index in [0.717, 1.165) is 46.1 Å². The Morgan fingerprint density at radius 3 is 1.89 bits per heavy atom. The van der Waals surface area contributed by atoms with Gasteiger partial charge in [0.25, 0.3) is 0 Å². The van der Waals surface area contributed by atoms with Crippen LogP contribution in [0.25, 0.3) is 53.1 Å². The summed E-state index contributed by atoms with van der Waals surface area (Å²) in [5.41, 5.74) is -0.842. The van der Waals surface area contributed by atoms with E-state index < -0.39 is 69.8 Å². The van der Waals surface area contributed by atoms with Crippen molar-refractivity contribution in [1.29, 1.82) is 0 Å². The highest BCUT2D eigenvalue weighted by Gasteiger charge is 2.39. The lowest BCUT2D eigenvalue weighted by Crippen LogP contribution is -2.10. The number of thiophene rings is 1. The first-order chi connectivity index (χ1) is 30.4. The van der Waals surface area contributed by atoms with E-state index in [2.05, 4.69) is 4.98 Å². The third-order valence-electron chi connectivity index (χ3n) is 10.4. The number of allylic oxidation sites excluding steroid dienone is 1. The maximum Gasteiger partial charge on any atom is 0.342 e. The van der Waals surface area contributed by atoms with E-state index in [4.69, 9.17) is 14.5 Å². The van der Waals surface area contributed by atoms with E-state index in [9.17, 15) is 46.6 Å². The molecule has 3 heterocycles. The molecule has 0 radical (unpaired) electrons. The van der Waals surface area contributed by atoms with Crippen LogP contribution < -0.4 is 0 Å². The van der Waals surface area contributed by atoms with Gasteiger partial charge in [0.15, 0.2) is 5.78 Å². The van der Waals surface area contributed by atoms with Crippen LogP contribution in [0.2, 0.25) is 0 Å². The number of hydrogen-bond acceptors (Lipinski definition) is 13. The maximum absolute atomic E-state index is 14.9. The number of fused-ring (bicyclic) bond motifs is 6. The number of nitrogens with zero attached hydrogens (tertiary/aromatic N) is 2. The Bertz CT molecular complexity index is 3410. The minimum absolute atomic E-state index is 0.0125. The summed E-state index contributed by atoms with van der Waals surface area (Å²) in [6, 6.07) is 20.5. The highest BCUT2D eigenvalue weighted by molar-refractivity contribution is 7.33. The van der Waals surface area contributed by atoms with Gasteiger partial charge in [-0.2, -0.15) is 0 Å². The van der Waals surface area contributed by atoms with Crippen molar-refractivity contribution in [1.82, 2.24) is 9.97 Å². The first-order valence-electron chi connectivity index (χ1n) is 18.7. The predicted molar refractivity (Wildman–Crippen MR) is 227 cm³/mol. The molecule has 1 N–H and O–H groups in total. The van der Waals surface area contributed by atoms with Crippen molar-refractivity contribution in [3.05, 3.63) is 163 Å². The summed E-state index contributed by atoms with van der Waals surface area (Å²) in [7, 11) is 0. The van der Waals surface area contributed by atoms with Crippen LogP contribution in [0, 0.1) is 23.3 Å². The molecule has 1 unspecified atom stereocenters. The molecule has 10 nitrogen and oxygen atoms in total. The Morgan fingerprint density at radius 2 is 1.22 bits per heavy atom. The van der Waals surface area contributed by atoms with Crippen LogP contribution in [0.15, 0.2) is 84.9 Å². The Labute approximate surface area is 363 Å². The summed E-state index contributed by atoms with van der Waals surface area (Å²) >= 11 is 2.79. The van der Waals surface area contributed by atoms with E-state index >= 15 is 0 Å². The van der Waals surface area contributed by atoms with Crippen molar-refractivity contribution in [2.24, 2.45) is 0 Å². The first kappa shape index (κ1) is 40.0. The van der Waals surface area contributed by atoms with Gasteiger partial charge in [0.2, 0.25) is 11.6 Å². The summed E-state index contributed by atoms with van der Waals surface area (Å²) in [6.07, 6.45) is 0.512. The van der Waals surface area contributed by atoms with Crippen LogP contribution in [0.1, 0.15) is 75.0 Å². The molecule has 0 aliphatic heterocycles. The van der Waals surface area contributed by atoms with Crippen LogP contribution in [0.5, 0.6) is 0 Å². The molecule has 3 aromatic heterocycles. The molecule has 0 saturated heterocycles. The lowest BCUT2D eigenvalue weighted by Gasteiger charge is -2.11. The smallest absolute Gasteiger partial charge is 0.342 e. The summed E-state index contributed by atoms with van der Waals surface area (Å²) in [5, 5.41) is 11.0.